The SMILES string of the molecule is Cc1ccc(F)c(NC(=O)COC(=O)c2ccccc2Nc2ccccc2)c1. The maximum atomic E-state index is 13.7. The number of aryl methyl sites for hydroxylation is 1. The first-order valence-corrected chi connectivity index (χ1v) is 8.67. The summed E-state index contributed by atoms with van der Waals surface area (Å²) in [5.74, 6) is -1.83. The van der Waals surface area contributed by atoms with Crippen molar-refractivity contribution in [2.24, 2.45) is 0 Å². The molecule has 0 saturated heterocycles. The number of nitrogens with one attached hydrogen (secondary N) is 2. The van der Waals surface area contributed by atoms with Gasteiger partial charge in [0.15, 0.2) is 6.61 Å². The van der Waals surface area contributed by atoms with Crippen LogP contribution in [0.4, 0.5) is 21.5 Å². The highest BCUT2D eigenvalue weighted by molar-refractivity contribution is 5.99. The normalized spacial score (nSPS) is 10.2. The number of esters is 1. The predicted molar refractivity (Wildman–Crippen MR) is 106 cm³/mol. The molecule has 142 valence electrons. The number of benzene rings is 3. The van der Waals surface area contributed by atoms with Gasteiger partial charge in [0.1, 0.15) is 5.82 Å². The Hall–Kier alpha value is -3.67. The Morgan fingerprint density at radius 1 is 0.929 bits per heavy atom. The van der Waals surface area contributed by atoms with Crippen LogP contribution in [0.25, 0.3) is 0 Å². The van der Waals surface area contributed by atoms with Crippen LogP contribution in [0.5, 0.6) is 0 Å². The molecule has 0 aromatic heterocycles. The van der Waals surface area contributed by atoms with Gasteiger partial charge < -0.3 is 15.4 Å². The van der Waals surface area contributed by atoms with Crippen molar-refractivity contribution in [1.82, 2.24) is 0 Å². The molecule has 0 bridgehead atoms. The summed E-state index contributed by atoms with van der Waals surface area (Å²) in [5, 5.41) is 5.55. The number of rotatable bonds is 6. The van der Waals surface area contributed by atoms with Crippen LogP contribution in [0, 0.1) is 12.7 Å². The Balaban J connectivity index is 1.63. The van der Waals surface area contributed by atoms with Crippen molar-refractivity contribution in [2.75, 3.05) is 17.2 Å². The number of ether oxygens (including phenoxy) is 1. The number of carbonyl (C=O) groups excluding carboxylic acids is 2. The molecule has 0 aliphatic rings. The zero-order valence-electron chi connectivity index (χ0n) is 15.2. The van der Waals surface area contributed by atoms with Gasteiger partial charge in [-0.25, -0.2) is 9.18 Å². The second-order valence-corrected chi connectivity index (χ2v) is 6.14. The molecule has 5 nitrogen and oxygen atoms in total. The number of hydrogen-bond acceptors (Lipinski definition) is 4. The highest BCUT2D eigenvalue weighted by Gasteiger charge is 2.15. The lowest BCUT2D eigenvalue weighted by Gasteiger charge is -2.12. The van der Waals surface area contributed by atoms with Gasteiger partial charge in [-0.05, 0) is 48.9 Å². The van der Waals surface area contributed by atoms with Gasteiger partial charge in [-0.3, -0.25) is 4.79 Å². The second kappa shape index (κ2) is 8.81. The average Bonchev–Trinajstić information content (AvgIpc) is 2.70. The van der Waals surface area contributed by atoms with E-state index in [1.165, 1.54) is 12.1 Å². The van der Waals surface area contributed by atoms with E-state index in [0.29, 0.717) is 11.3 Å². The molecule has 0 aliphatic heterocycles. The van der Waals surface area contributed by atoms with Crippen molar-refractivity contribution < 1.29 is 18.7 Å². The van der Waals surface area contributed by atoms with Crippen LogP contribution in [0.15, 0.2) is 72.8 Å². The summed E-state index contributed by atoms with van der Waals surface area (Å²) >= 11 is 0. The van der Waals surface area contributed by atoms with E-state index in [9.17, 15) is 14.0 Å². The fourth-order valence-corrected chi connectivity index (χ4v) is 2.58. The first-order valence-electron chi connectivity index (χ1n) is 8.67. The Labute approximate surface area is 162 Å². The fourth-order valence-electron chi connectivity index (χ4n) is 2.58. The molecule has 0 saturated carbocycles. The smallest absolute Gasteiger partial charge is 0.340 e. The summed E-state index contributed by atoms with van der Waals surface area (Å²) in [6, 6.07) is 20.6. The lowest BCUT2D eigenvalue weighted by atomic mass is 10.1. The van der Waals surface area contributed by atoms with E-state index in [0.717, 1.165) is 11.3 Å². The van der Waals surface area contributed by atoms with Crippen LogP contribution >= 0.6 is 0 Å². The van der Waals surface area contributed by atoms with Crippen LogP contribution in [-0.2, 0) is 9.53 Å². The van der Waals surface area contributed by atoms with E-state index in [4.69, 9.17) is 4.74 Å². The topological polar surface area (TPSA) is 67.4 Å². The van der Waals surface area contributed by atoms with E-state index < -0.39 is 24.3 Å². The second-order valence-electron chi connectivity index (χ2n) is 6.14. The molecule has 0 spiro atoms. The molecule has 3 rings (SSSR count). The molecule has 28 heavy (non-hydrogen) atoms. The predicted octanol–water partition coefficient (Wildman–Crippen LogP) is 4.67. The minimum absolute atomic E-state index is 0.0483. The molecule has 3 aromatic rings. The van der Waals surface area contributed by atoms with Crippen molar-refractivity contribution >= 4 is 28.9 Å². The zero-order chi connectivity index (χ0) is 19.9. The number of carbonyl (C=O) groups is 2. The summed E-state index contributed by atoms with van der Waals surface area (Å²) < 4.78 is 18.8. The molecule has 6 heteroatoms. The van der Waals surface area contributed by atoms with Crippen molar-refractivity contribution in [3.8, 4) is 0 Å². The third kappa shape index (κ3) is 4.94. The standard InChI is InChI=1S/C22H19FN2O3/c1-15-11-12-18(23)20(13-15)25-21(26)14-28-22(27)17-9-5-6-10-19(17)24-16-7-3-2-4-8-16/h2-13,24H,14H2,1H3,(H,25,26). The maximum absolute atomic E-state index is 13.7. The minimum atomic E-state index is -0.654. The molecular weight excluding hydrogens is 359 g/mol. The molecule has 0 unspecified atom stereocenters. The Morgan fingerprint density at radius 2 is 1.64 bits per heavy atom. The lowest BCUT2D eigenvalue weighted by Crippen LogP contribution is -2.21. The number of amides is 1. The van der Waals surface area contributed by atoms with Crippen LogP contribution in [0.1, 0.15) is 15.9 Å². The molecule has 0 heterocycles. The van der Waals surface area contributed by atoms with E-state index in [1.807, 2.05) is 30.3 Å². The van der Waals surface area contributed by atoms with Crippen LogP contribution in [0.2, 0.25) is 0 Å². The lowest BCUT2D eigenvalue weighted by molar-refractivity contribution is -0.119. The van der Waals surface area contributed by atoms with Crippen LogP contribution in [-0.4, -0.2) is 18.5 Å². The van der Waals surface area contributed by atoms with Crippen molar-refractivity contribution in [2.45, 2.75) is 6.92 Å². The van der Waals surface area contributed by atoms with E-state index in [2.05, 4.69) is 10.6 Å². The quantitative estimate of drug-likeness (QED) is 0.612. The molecule has 1 amide bonds. The van der Waals surface area contributed by atoms with Crippen LogP contribution in [0.3, 0.4) is 0 Å². The van der Waals surface area contributed by atoms with Crippen LogP contribution < -0.4 is 10.6 Å². The summed E-state index contributed by atoms with van der Waals surface area (Å²) in [6.07, 6.45) is 0. The van der Waals surface area contributed by atoms with Gasteiger partial charge in [-0.15, -0.1) is 0 Å². The van der Waals surface area contributed by atoms with E-state index in [1.54, 1.807) is 37.3 Å². The van der Waals surface area contributed by atoms with Crippen molar-refractivity contribution in [1.29, 1.82) is 0 Å². The number of halogens is 1. The first kappa shape index (κ1) is 19.1. The van der Waals surface area contributed by atoms with Gasteiger partial charge in [0.05, 0.1) is 16.9 Å². The molecule has 3 aromatic carbocycles. The van der Waals surface area contributed by atoms with Gasteiger partial charge in [0.2, 0.25) is 0 Å². The Bertz CT molecular complexity index is 990. The number of anilines is 3. The monoisotopic (exact) mass is 378 g/mol. The summed E-state index contributed by atoms with van der Waals surface area (Å²) in [5.41, 5.74) is 2.52. The van der Waals surface area contributed by atoms with Gasteiger partial charge in [0, 0.05) is 5.69 Å². The van der Waals surface area contributed by atoms with Crippen molar-refractivity contribution in [3.63, 3.8) is 0 Å². The molecule has 0 fully saturated rings. The number of para-hydroxylation sites is 2. The van der Waals surface area contributed by atoms with Gasteiger partial charge in [-0.1, -0.05) is 36.4 Å². The first-order chi connectivity index (χ1) is 13.5. The van der Waals surface area contributed by atoms with E-state index in [-0.39, 0.29) is 5.69 Å². The minimum Gasteiger partial charge on any atom is -0.452 e. The molecule has 0 radical (unpaired) electrons. The van der Waals surface area contributed by atoms with E-state index >= 15 is 0 Å². The van der Waals surface area contributed by atoms with Crippen molar-refractivity contribution in [3.05, 3.63) is 89.7 Å². The summed E-state index contributed by atoms with van der Waals surface area (Å²) in [4.78, 5) is 24.4. The highest BCUT2D eigenvalue weighted by atomic mass is 19.1. The Morgan fingerprint density at radius 3 is 2.43 bits per heavy atom. The third-order valence-electron chi connectivity index (χ3n) is 3.93. The molecule has 2 N–H and O–H groups in total. The zero-order valence-corrected chi connectivity index (χ0v) is 15.2. The number of hydrogen-bond donors (Lipinski definition) is 2. The van der Waals surface area contributed by atoms with Gasteiger partial charge in [-0.2, -0.15) is 0 Å². The fraction of sp³-hybridized carbons (Fsp3) is 0.0909. The summed E-state index contributed by atoms with van der Waals surface area (Å²) in [6.45, 7) is 1.26. The summed E-state index contributed by atoms with van der Waals surface area (Å²) in [7, 11) is 0. The maximum Gasteiger partial charge on any atom is 0.340 e. The average molecular weight is 378 g/mol. The molecule has 0 aliphatic carbocycles. The van der Waals surface area contributed by atoms with Gasteiger partial charge >= 0.3 is 5.97 Å². The molecular formula is C22H19FN2O3. The third-order valence-corrected chi connectivity index (χ3v) is 3.93. The van der Waals surface area contributed by atoms with Gasteiger partial charge in [0.25, 0.3) is 5.91 Å². The highest BCUT2D eigenvalue weighted by Crippen LogP contribution is 2.21. The Kier molecular flexibility index (Phi) is 6.01. The molecule has 0 atom stereocenters. The largest absolute Gasteiger partial charge is 0.452 e.